The van der Waals surface area contributed by atoms with E-state index < -0.39 is 0 Å². The van der Waals surface area contributed by atoms with Crippen molar-refractivity contribution < 1.29 is 4.79 Å². The van der Waals surface area contributed by atoms with Crippen LogP contribution in [0.4, 0.5) is 0 Å². The molecule has 1 saturated heterocycles. The molecule has 1 aliphatic rings. The van der Waals surface area contributed by atoms with Crippen LogP contribution in [0, 0.1) is 6.92 Å². The van der Waals surface area contributed by atoms with Gasteiger partial charge in [0.1, 0.15) is 5.82 Å². The number of carbonyl (C=O) groups is 1. The summed E-state index contributed by atoms with van der Waals surface area (Å²) >= 11 is 0. The average Bonchev–Trinajstić information content (AvgIpc) is 3.35. The van der Waals surface area contributed by atoms with Crippen LogP contribution in [0.25, 0.3) is 11.3 Å². The fourth-order valence-electron chi connectivity index (χ4n) is 3.88. The first-order valence-electron chi connectivity index (χ1n) is 10.3. The number of rotatable bonds is 3. The molecule has 0 radical (unpaired) electrons. The van der Waals surface area contributed by atoms with E-state index in [0.29, 0.717) is 12.1 Å². The van der Waals surface area contributed by atoms with E-state index in [-0.39, 0.29) is 17.4 Å². The molecule has 0 aliphatic carbocycles. The van der Waals surface area contributed by atoms with Gasteiger partial charge in [0.15, 0.2) is 0 Å². The number of aryl methyl sites for hydroxylation is 1. The second kappa shape index (κ2) is 7.50. The molecule has 2 aromatic heterocycles. The number of aromatic nitrogens is 4. The predicted octanol–water partition coefficient (Wildman–Crippen LogP) is 4.36. The van der Waals surface area contributed by atoms with E-state index in [1.807, 2.05) is 47.1 Å². The Morgan fingerprint density at radius 1 is 1.21 bits per heavy atom. The van der Waals surface area contributed by atoms with Crippen LogP contribution in [0.3, 0.4) is 0 Å². The third-order valence-electron chi connectivity index (χ3n) is 5.59. The Morgan fingerprint density at radius 3 is 2.66 bits per heavy atom. The van der Waals surface area contributed by atoms with Gasteiger partial charge in [0.2, 0.25) is 0 Å². The summed E-state index contributed by atoms with van der Waals surface area (Å²) in [6.45, 7) is 9.64. The highest BCUT2D eigenvalue weighted by Gasteiger charge is 2.29. The number of nitrogens with zero attached hydrogens (tertiary/aromatic N) is 4. The van der Waals surface area contributed by atoms with E-state index in [4.69, 9.17) is 0 Å². The Labute approximate surface area is 172 Å². The molecule has 0 saturated carbocycles. The van der Waals surface area contributed by atoms with Crippen LogP contribution >= 0.6 is 0 Å². The van der Waals surface area contributed by atoms with Crippen LogP contribution in [0.15, 0.2) is 42.7 Å². The number of likely N-dealkylation sites (tertiary alicyclic amines) is 1. The Morgan fingerprint density at radius 2 is 1.97 bits per heavy atom. The summed E-state index contributed by atoms with van der Waals surface area (Å²) in [6, 6.07) is 10.2. The normalized spacial score (nSPS) is 17.5. The topological polar surface area (TPSA) is 66.8 Å². The van der Waals surface area contributed by atoms with Gasteiger partial charge in [0, 0.05) is 25.2 Å². The van der Waals surface area contributed by atoms with Gasteiger partial charge in [-0.1, -0.05) is 30.3 Å². The molecular weight excluding hydrogens is 362 g/mol. The smallest absolute Gasteiger partial charge is 0.257 e. The minimum atomic E-state index is -0.143. The number of benzene rings is 1. The highest BCUT2D eigenvalue weighted by Crippen LogP contribution is 2.28. The number of hydrogen-bond donors (Lipinski definition) is 1. The number of H-pyrrole nitrogens is 1. The van der Waals surface area contributed by atoms with E-state index in [2.05, 4.69) is 48.0 Å². The van der Waals surface area contributed by atoms with Gasteiger partial charge in [-0.3, -0.25) is 9.48 Å². The number of carbonyl (C=O) groups excluding carboxylic acids is 1. The molecule has 1 aliphatic heterocycles. The second-order valence-corrected chi connectivity index (χ2v) is 8.88. The van der Waals surface area contributed by atoms with Crippen molar-refractivity contribution in [2.45, 2.75) is 52.0 Å². The number of aromatic amines is 1. The Bertz CT molecular complexity index is 996. The maximum Gasteiger partial charge on any atom is 0.257 e. The molecule has 1 amide bonds. The van der Waals surface area contributed by atoms with Crippen molar-refractivity contribution >= 4 is 5.91 Å². The molecule has 0 spiro atoms. The summed E-state index contributed by atoms with van der Waals surface area (Å²) in [5.74, 6) is 1.25. The predicted molar refractivity (Wildman–Crippen MR) is 114 cm³/mol. The van der Waals surface area contributed by atoms with Gasteiger partial charge >= 0.3 is 0 Å². The van der Waals surface area contributed by atoms with E-state index in [1.54, 1.807) is 0 Å². The zero-order valence-electron chi connectivity index (χ0n) is 17.6. The maximum absolute atomic E-state index is 13.2. The first-order chi connectivity index (χ1) is 13.8. The van der Waals surface area contributed by atoms with Crippen LogP contribution < -0.4 is 0 Å². The molecule has 152 valence electrons. The number of hydrogen-bond acceptors (Lipinski definition) is 3. The zero-order chi connectivity index (χ0) is 20.6. The van der Waals surface area contributed by atoms with E-state index in [1.165, 1.54) is 0 Å². The minimum absolute atomic E-state index is 0.0672. The van der Waals surface area contributed by atoms with Crippen LogP contribution in [-0.4, -0.2) is 43.6 Å². The van der Waals surface area contributed by atoms with Gasteiger partial charge in [-0.15, -0.1) is 0 Å². The van der Waals surface area contributed by atoms with Crippen LogP contribution in [-0.2, 0) is 5.54 Å². The summed E-state index contributed by atoms with van der Waals surface area (Å²) in [6.07, 6.45) is 5.79. The van der Waals surface area contributed by atoms with Gasteiger partial charge in [-0.05, 0) is 46.1 Å². The molecule has 3 heterocycles. The Kier molecular flexibility index (Phi) is 5.03. The number of amides is 1. The average molecular weight is 392 g/mol. The lowest BCUT2D eigenvalue weighted by Gasteiger charge is -2.31. The number of imidazole rings is 1. The van der Waals surface area contributed by atoms with Crippen molar-refractivity contribution in [3.05, 3.63) is 59.8 Å². The molecule has 1 unspecified atom stereocenters. The Hall–Kier alpha value is -2.89. The highest BCUT2D eigenvalue weighted by molar-refractivity contribution is 5.95. The van der Waals surface area contributed by atoms with Crippen LogP contribution in [0.1, 0.15) is 61.4 Å². The molecule has 29 heavy (non-hydrogen) atoms. The molecular formula is C23H29N5O. The van der Waals surface area contributed by atoms with Gasteiger partial charge < -0.3 is 9.88 Å². The first kappa shape index (κ1) is 19.4. The molecule has 6 nitrogen and oxygen atoms in total. The van der Waals surface area contributed by atoms with Crippen molar-refractivity contribution in [2.24, 2.45) is 0 Å². The summed E-state index contributed by atoms with van der Waals surface area (Å²) in [4.78, 5) is 23.3. The van der Waals surface area contributed by atoms with Gasteiger partial charge in [-0.25, -0.2) is 4.98 Å². The van der Waals surface area contributed by atoms with Gasteiger partial charge in [0.05, 0.1) is 28.7 Å². The van der Waals surface area contributed by atoms with Crippen molar-refractivity contribution in [3.8, 4) is 11.3 Å². The molecule has 0 bridgehead atoms. The van der Waals surface area contributed by atoms with E-state index in [9.17, 15) is 4.79 Å². The fraction of sp³-hybridized carbons (Fsp3) is 0.435. The highest BCUT2D eigenvalue weighted by atomic mass is 16.2. The summed E-state index contributed by atoms with van der Waals surface area (Å²) < 4.78 is 1.88. The SMILES string of the molecule is Cc1nn(C(C)(C)C)cc1C(=O)N1CCCC(c2ncc(-c3ccccc3)[nH]2)C1. The third-order valence-corrected chi connectivity index (χ3v) is 5.59. The molecule has 6 heteroatoms. The molecule has 1 fully saturated rings. The van der Waals surface area contributed by atoms with Crippen molar-refractivity contribution in [1.29, 1.82) is 0 Å². The lowest BCUT2D eigenvalue weighted by atomic mass is 9.96. The largest absolute Gasteiger partial charge is 0.342 e. The quantitative estimate of drug-likeness (QED) is 0.721. The van der Waals surface area contributed by atoms with E-state index in [0.717, 1.165) is 42.2 Å². The van der Waals surface area contributed by atoms with Crippen molar-refractivity contribution in [3.63, 3.8) is 0 Å². The number of nitrogens with one attached hydrogen (secondary N) is 1. The molecule has 1 aromatic carbocycles. The van der Waals surface area contributed by atoms with Crippen LogP contribution in [0.2, 0.25) is 0 Å². The van der Waals surface area contributed by atoms with Crippen molar-refractivity contribution in [2.75, 3.05) is 13.1 Å². The maximum atomic E-state index is 13.2. The summed E-state index contributed by atoms with van der Waals surface area (Å²) in [7, 11) is 0. The van der Waals surface area contributed by atoms with Gasteiger partial charge in [0.25, 0.3) is 5.91 Å². The minimum Gasteiger partial charge on any atom is -0.342 e. The molecule has 3 aromatic rings. The first-order valence-corrected chi connectivity index (χ1v) is 10.3. The van der Waals surface area contributed by atoms with Crippen LogP contribution in [0.5, 0.6) is 0 Å². The third kappa shape index (κ3) is 3.97. The molecule has 1 N–H and O–H groups in total. The van der Waals surface area contributed by atoms with E-state index >= 15 is 0 Å². The van der Waals surface area contributed by atoms with Gasteiger partial charge in [-0.2, -0.15) is 5.10 Å². The van der Waals surface area contributed by atoms with Crippen molar-refractivity contribution in [1.82, 2.24) is 24.6 Å². The zero-order valence-corrected chi connectivity index (χ0v) is 17.6. The summed E-state index contributed by atoms with van der Waals surface area (Å²) in [5, 5.41) is 4.56. The standard InChI is InChI=1S/C23H29N5O/c1-16-19(15-28(26-16)23(2,3)4)22(29)27-12-8-11-18(14-27)21-24-13-20(25-21)17-9-6-5-7-10-17/h5-7,9-10,13,15,18H,8,11-12,14H2,1-4H3,(H,24,25). The second-order valence-electron chi connectivity index (χ2n) is 8.88. The molecule has 4 rings (SSSR count). The molecule has 1 atom stereocenters. The summed E-state index contributed by atoms with van der Waals surface area (Å²) in [5.41, 5.74) is 3.49. The fourth-order valence-corrected chi connectivity index (χ4v) is 3.88. The lowest BCUT2D eigenvalue weighted by molar-refractivity contribution is 0.0704. The monoisotopic (exact) mass is 391 g/mol. The lowest BCUT2D eigenvalue weighted by Crippen LogP contribution is -2.39. The Balaban J connectivity index is 1.51. The number of piperidine rings is 1.